The van der Waals surface area contributed by atoms with E-state index in [9.17, 15) is 4.79 Å². The van der Waals surface area contributed by atoms with Gasteiger partial charge in [-0.3, -0.25) is 0 Å². The van der Waals surface area contributed by atoms with E-state index in [1.807, 2.05) is 27.7 Å². The first kappa shape index (κ1) is 24.5. The van der Waals surface area contributed by atoms with Gasteiger partial charge in [-0.05, 0) is 25.0 Å². The van der Waals surface area contributed by atoms with Crippen LogP contribution in [0.5, 0.6) is 11.5 Å². The molecule has 0 spiro atoms. The van der Waals surface area contributed by atoms with Gasteiger partial charge in [0.25, 0.3) is 0 Å². The van der Waals surface area contributed by atoms with Crippen LogP contribution in [0.3, 0.4) is 0 Å². The highest BCUT2D eigenvalue weighted by Crippen LogP contribution is 2.23. The highest BCUT2D eigenvalue weighted by molar-refractivity contribution is 5.88. The number of carboxylic acid groups (broad SMARTS) is 1. The van der Waals surface area contributed by atoms with Gasteiger partial charge in [0, 0.05) is 6.07 Å². The number of aromatic carboxylic acids is 1. The number of hydrogen-bond acceptors (Lipinski definition) is 3. The summed E-state index contributed by atoms with van der Waals surface area (Å²) in [5.74, 6) is 0.153. The third-order valence-electron chi connectivity index (χ3n) is 2.91. The molecule has 0 unspecified atom stereocenters. The molecule has 0 aliphatic heterocycles. The van der Waals surface area contributed by atoms with Gasteiger partial charge in [0.15, 0.2) is 0 Å². The number of unbranched alkanes of at least 4 members (excludes halogenated alkanes) is 3. The summed E-state index contributed by atoms with van der Waals surface area (Å²) in [7, 11) is 0. The maximum Gasteiger partial charge on any atom is 0.335 e. The smallest absolute Gasteiger partial charge is 0.335 e. The zero-order chi connectivity index (χ0) is 18.8. The van der Waals surface area contributed by atoms with Crippen LogP contribution in [0.25, 0.3) is 0 Å². The van der Waals surface area contributed by atoms with E-state index in [0.29, 0.717) is 24.7 Å². The standard InChI is InChI=1S/C16H24O4.2C2H6/c1-3-5-7-9-20-15-11-13(16(17)18)10-14(12-15)19-8-6-4-2;2*1-2/h10-12H,3-9H2,1-2H3,(H,17,18);2*1-2H3. The van der Waals surface area contributed by atoms with Gasteiger partial charge in [0.05, 0.1) is 18.8 Å². The Labute approximate surface area is 148 Å². The summed E-state index contributed by atoms with van der Waals surface area (Å²) in [6, 6.07) is 4.84. The van der Waals surface area contributed by atoms with Crippen molar-refractivity contribution in [3.8, 4) is 11.5 Å². The summed E-state index contributed by atoms with van der Waals surface area (Å²) >= 11 is 0. The molecule has 1 aromatic carbocycles. The Kier molecular flexibility index (Phi) is 18.0. The van der Waals surface area contributed by atoms with Crippen molar-refractivity contribution in [2.24, 2.45) is 0 Å². The van der Waals surface area contributed by atoms with E-state index in [-0.39, 0.29) is 5.56 Å². The van der Waals surface area contributed by atoms with Crippen LogP contribution < -0.4 is 9.47 Å². The van der Waals surface area contributed by atoms with Crippen molar-refractivity contribution in [3.05, 3.63) is 23.8 Å². The van der Waals surface area contributed by atoms with Crippen molar-refractivity contribution in [1.82, 2.24) is 0 Å². The lowest BCUT2D eigenvalue weighted by Crippen LogP contribution is -2.03. The average Bonchev–Trinajstić information content (AvgIpc) is 2.62. The lowest BCUT2D eigenvalue weighted by atomic mass is 10.2. The predicted octanol–water partition coefficient (Wildman–Crippen LogP) is 6.19. The predicted molar refractivity (Wildman–Crippen MR) is 102 cm³/mol. The summed E-state index contributed by atoms with van der Waals surface area (Å²) in [5.41, 5.74) is 0.199. The molecule has 0 heterocycles. The summed E-state index contributed by atoms with van der Waals surface area (Å²) in [4.78, 5) is 11.1. The van der Waals surface area contributed by atoms with Gasteiger partial charge in [0.1, 0.15) is 11.5 Å². The zero-order valence-corrected chi connectivity index (χ0v) is 16.4. The van der Waals surface area contributed by atoms with Gasteiger partial charge in [-0.2, -0.15) is 0 Å². The van der Waals surface area contributed by atoms with Gasteiger partial charge >= 0.3 is 5.97 Å². The molecular formula is C20H36O4. The molecule has 1 rings (SSSR count). The molecule has 140 valence electrons. The van der Waals surface area contributed by atoms with Crippen molar-refractivity contribution in [2.75, 3.05) is 13.2 Å². The van der Waals surface area contributed by atoms with E-state index in [1.54, 1.807) is 12.1 Å². The first-order valence-electron chi connectivity index (χ1n) is 9.31. The quantitative estimate of drug-likeness (QED) is 0.516. The van der Waals surface area contributed by atoms with Crippen LogP contribution in [-0.4, -0.2) is 24.3 Å². The first-order chi connectivity index (χ1) is 11.7. The van der Waals surface area contributed by atoms with Crippen LogP contribution in [-0.2, 0) is 0 Å². The highest BCUT2D eigenvalue weighted by Gasteiger charge is 2.09. The Morgan fingerprint density at radius 3 is 1.71 bits per heavy atom. The van der Waals surface area contributed by atoms with E-state index in [4.69, 9.17) is 14.6 Å². The fraction of sp³-hybridized carbons (Fsp3) is 0.650. The van der Waals surface area contributed by atoms with Gasteiger partial charge in [-0.15, -0.1) is 0 Å². The number of carbonyl (C=O) groups is 1. The summed E-state index contributed by atoms with van der Waals surface area (Å²) in [6.07, 6.45) is 5.20. The number of ether oxygens (including phenoxy) is 2. The molecule has 24 heavy (non-hydrogen) atoms. The number of hydrogen-bond donors (Lipinski definition) is 1. The first-order valence-corrected chi connectivity index (χ1v) is 9.31. The van der Waals surface area contributed by atoms with Crippen LogP contribution in [0.2, 0.25) is 0 Å². The third-order valence-corrected chi connectivity index (χ3v) is 2.91. The molecule has 0 amide bonds. The molecule has 0 fully saturated rings. The third kappa shape index (κ3) is 11.8. The van der Waals surface area contributed by atoms with Crippen LogP contribution >= 0.6 is 0 Å². The molecule has 4 nitrogen and oxygen atoms in total. The molecule has 0 saturated heterocycles. The minimum atomic E-state index is -0.968. The van der Waals surface area contributed by atoms with Crippen molar-refractivity contribution in [1.29, 1.82) is 0 Å². The Bertz CT molecular complexity index is 416. The van der Waals surface area contributed by atoms with E-state index >= 15 is 0 Å². The molecule has 0 aliphatic rings. The minimum Gasteiger partial charge on any atom is -0.493 e. The molecule has 4 heteroatoms. The largest absolute Gasteiger partial charge is 0.493 e. The maximum atomic E-state index is 11.1. The summed E-state index contributed by atoms with van der Waals surface area (Å²) < 4.78 is 11.2. The average molecular weight is 341 g/mol. The second-order valence-electron chi connectivity index (χ2n) is 4.76. The van der Waals surface area contributed by atoms with Crippen molar-refractivity contribution >= 4 is 5.97 Å². The molecule has 0 aromatic heterocycles. The molecule has 0 aliphatic carbocycles. The molecule has 0 atom stereocenters. The van der Waals surface area contributed by atoms with E-state index in [2.05, 4.69) is 13.8 Å². The molecular weight excluding hydrogens is 304 g/mol. The van der Waals surface area contributed by atoms with Gasteiger partial charge < -0.3 is 14.6 Å². The number of carboxylic acids is 1. The van der Waals surface area contributed by atoms with Crippen molar-refractivity contribution in [2.45, 2.75) is 73.6 Å². The molecule has 0 bridgehead atoms. The lowest BCUT2D eigenvalue weighted by Gasteiger charge is -2.11. The van der Waals surface area contributed by atoms with Gasteiger partial charge in [-0.25, -0.2) is 4.79 Å². The van der Waals surface area contributed by atoms with E-state index in [1.165, 1.54) is 6.07 Å². The topological polar surface area (TPSA) is 55.8 Å². The Balaban J connectivity index is 0. The number of rotatable bonds is 10. The SMILES string of the molecule is CC.CC.CCCCCOc1cc(OCCCC)cc(C(=O)O)c1. The second kappa shape index (κ2) is 17.6. The van der Waals surface area contributed by atoms with Crippen LogP contribution in [0.1, 0.15) is 84.0 Å². The normalized spacial score (nSPS) is 9.08. The summed E-state index contributed by atoms with van der Waals surface area (Å²) in [6.45, 7) is 13.4. The van der Waals surface area contributed by atoms with Crippen LogP contribution in [0, 0.1) is 0 Å². The van der Waals surface area contributed by atoms with Crippen molar-refractivity contribution < 1.29 is 19.4 Å². The lowest BCUT2D eigenvalue weighted by molar-refractivity contribution is 0.0695. The van der Waals surface area contributed by atoms with Gasteiger partial charge in [-0.1, -0.05) is 60.8 Å². The minimum absolute atomic E-state index is 0.199. The monoisotopic (exact) mass is 340 g/mol. The molecule has 1 N–H and O–H groups in total. The van der Waals surface area contributed by atoms with Crippen molar-refractivity contribution in [3.63, 3.8) is 0 Å². The fourth-order valence-corrected chi connectivity index (χ4v) is 1.74. The highest BCUT2D eigenvalue weighted by atomic mass is 16.5. The maximum absolute atomic E-state index is 11.1. The molecule has 0 saturated carbocycles. The van der Waals surface area contributed by atoms with Gasteiger partial charge in [0.2, 0.25) is 0 Å². The number of benzene rings is 1. The molecule has 0 radical (unpaired) electrons. The van der Waals surface area contributed by atoms with E-state index in [0.717, 1.165) is 32.1 Å². The summed E-state index contributed by atoms with van der Waals surface area (Å²) in [5, 5.41) is 9.10. The molecule has 1 aromatic rings. The Morgan fingerprint density at radius 2 is 1.29 bits per heavy atom. The second-order valence-corrected chi connectivity index (χ2v) is 4.76. The van der Waals surface area contributed by atoms with Crippen LogP contribution in [0.4, 0.5) is 0 Å². The fourth-order valence-electron chi connectivity index (χ4n) is 1.74. The Morgan fingerprint density at radius 1 is 0.833 bits per heavy atom. The van der Waals surface area contributed by atoms with Crippen LogP contribution in [0.15, 0.2) is 18.2 Å². The van der Waals surface area contributed by atoms with E-state index < -0.39 is 5.97 Å². The Hall–Kier alpha value is -1.71. The zero-order valence-electron chi connectivity index (χ0n) is 16.4.